The van der Waals surface area contributed by atoms with Crippen LogP contribution in [-0.4, -0.2) is 53.8 Å². The maximum absolute atomic E-state index is 11.6. The zero-order valence-electron chi connectivity index (χ0n) is 18.2. The van der Waals surface area contributed by atoms with E-state index < -0.39 is 0 Å². The number of nitrogens with two attached hydrogens (primary N) is 1. The largest absolute Gasteiger partial charge is 0.419 e. The van der Waals surface area contributed by atoms with Crippen LogP contribution in [0.4, 0.5) is 11.6 Å². The predicted molar refractivity (Wildman–Crippen MR) is 132 cm³/mol. The van der Waals surface area contributed by atoms with Crippen LogP contribution in [0, 0.1) is 22.7 Å². The van der Waals surface area contributed by atoms with Gasteiger partial charge in [-0.1, -0.05) is 19.1 Å². The summed E-state index contributed by atoms with van der Waals surface area (Å²) in [6, 6.07) is 7.59. The van der Waals surface area contributed by atoms with Crippen LogP contribution in [0.2, 0.25) is 0 Å². The van der Waals surface area contributed by atoms with Gasteiger partial charge in [0.1, 0.15) is 5.82 Å². The lowest BCUT2D eigenvalue weighted by atomic mass is 10.1. The van der Waals surface area contributed by atoms with E-state index in [2.05, 4.69) is 25.5 Å². The number of carbonyl (C=O) groups excluding carboxylic acids is 1. The number of hydrogen-bond acceptors (Lipinski definition) is 9. The standard InChI is InChI=1S/C22H28N8O2.5H2/c1-3-17(31)29-18-14-10-30(11-15(14)18)16-9-27-20(23)19(28-16)22(25)32-21(24)13-6-4-12(5-7-13)8-26-2;;;;;/h4-7,9,14-15,18,24-26H,3,8,10-11H2,1-2H3,(H2,23,27)(H,29,31);5*1H/t14-,15?,18?;;;;;/m0...../s1. The average molecular weight is 447 g/mol. The van der Waals surface area contributed by atoms with Crippen molar-refractivity contribution >= 4 is 29.3 Å². The van der Waals surface area contributed by atoms with Crippen LogP contribution >= 0.6 is 0 Å². The number of nitrogens with zero attached hydrogens (tertiary/aromatic N) is 3. The molecule has 1 saturated carbocycles. The molecule has 1 aromatic heterocycles. The normalized spacial score (nSPS) is 21.1. The predicted octanol–water partition coefficient (Wildman–Crippen LogP) is 2.34. The van der Waals surface area contributed by atoms with Gasteiger partial charge in [0.05, 0.1) is 6.20 Å². The van der Waals surface area contributed by atoms with Crippen LogP contribution in [-0.2, 0) is 16.1 Å². The molecule has 10 heteroatoms. The smallest absolute Gasteiger partial charge is 0.243 e. The van der Waals surface area contributed by atoms with Crippen molar-refractivity contribution in [1.29, 1.82) is 10.8 Å². The summed E-state index contributed by atoms with van der Waals surface area (Å²) in [5, 5.41) is 22.6. The highest BCUT2D eigenvalue weighted by Gasteiger charge is 2.56. The lowest BCUT2D eigenvalue weighted by Gasteiger charge is -2.21. The van der Waals surface area contributed by atoms with Gasteiger partial charge in [0, 0.05) is 56.6 Å². The molecule has 0 spiro atoms. The fourth-order valence-electron chi connectivity index (χ4n) is 4.11. The molecule has 4 rings (SSSR count). The topological polar surface area (TPSA) is 153 Å². The van der Waals surface area contributed by atoms with Crippen LogP contribution in [0.15, 0.2) is 30.5 Å². The number of fused-ring (bicyclic) bond motifs is 1. The van der Waals surface area contributed by atoms with E-state index in [0.717, 1.165) is 25.2 Å². The van der Waals surface area contributed by atoms with Gasteiger partial charge in [0.25, 0.3) is 0 Å². The number of carbonyl (C=O) groups is 1. The van der Waals surface area contributed by atoms with Gasteiger partial charge in [-0.25, -0.2) is 9.97 Å². The van der Waals surface area contributed by atoms with Crippen molar-refractivity contribution in [1.82, 2.24) is 20.6 Å². The Morgan fingerprint density at radius 3 is 2.56 bits per heavy atom. The molecule has 178 valence electrons. The van der Waals surface area contributed by atoms with Gasteiger partial charge in [-0.3, -0.25) is 15.6 Å². The molecule has 10 nitrogen and oxygen atoms in total. The quantitative estimate of drug-likeness (QED) is 0.323. The number of hydrogen-bond donors (Lipinski definition) is 5. The SMILES string of the molecule is CCC(=O)NC1C2CN(c3cnc(N)c(C(=N)OC(=N)c4ccc(CNC)cc4)n3)C[C@@H]21.[HH].[HH].[HH].[HH].[HH]. The van der Waals surface area contributed by atoms with E-state index in [0.29, 0.717) is 29.6 Å². The van der Waals surface area contributed by atoms with Crippen LogP contribution in [0.25, 0.3) is 0 Å². The Labute approximate surface area is 194 Å². The monoisotopic (exact) mass is 446 g/mol. The van der Waals surface area contributed by atoms with Gasteiger partial charge >= 0.3 is 0 Å². The second-order valence-corrected chi connectivity index (χ2v) is 8.13. The molecule has 1 aliphatic heterocycles. The summed E-state index contributed by atoms with van der Waals surface area (Å²) < 4.78 is 5.43. The molecule has 1 amide bonds. The van der Waals surface area contributed by atoms with Gasteiger partial charge in [-0.05, 0) is 24.7 Å². The highest BCUT2D eigenvalue weighted by molar-refractivity contribution is 6.05. The molecule has 2 aliphatic rings. The third-order valence-electron chi connectivity index (χ3n) is 5.97. The number of benzene rings is 1. The zero-order valence-corrected chi connectivity index (χ0v) is 18.2. The summed E-state index contributed by atoms with van der Waals surface area (Å²) in [7, 11) is 1.87. The first kappa shape index (κ1) is 21.7. The summed E-state index contributed by atoms with van der Waals surface area (Å²) >= 11 is 0. The number of rotatable bonds is 7. The molecule has 2 unspecified atom stereocenters. The number of aromatic nitrogens is 2. The number of nitrogens with one attached hydrogen (secondary N) is 4. The maximum atomic E-state index is 11.6. The van der Waals surface area contributed by atoms with E-state index in [4.69, 9.17) is 21.3 Å². The highest BCUT2D eigenvalue weighted by atomic mass is 16.5. The van der Waals surface area contributed by atoms with Crippen molar-refractivity contribution in [3.63, 3.8) is 0 Å². The van der Waals surface area contributed by atoms with Crippen molar-refractivity contribution in [3.8, 4) is 0 Å². The van der Waals surface area contributed by atoms with E-state index in [1.54, 1.807) is 18.3 Å². The van der Waals surface area contributed by atoms with Gasteiger partial charge in [0.2, 0.25) is 17.7 Å². The molecule has 2 fully saturated rings. The fraction of sp³-hybridized carbons (Fsp3) is 0.409. The Balaban J connectivity index is 0. The van der Waals surface area contributed by atoms with Crippen LogP contribution in [0.1, 0.15) is 37.3 Å². The van der Waals surface area contributed by atoms with Crippen molar-refractivity contribution in [2.75, 3.05) is 30.8 Å². The fourth-order valence-corrected chi connectivity index (χ4v) is 4.11. The molecule has 32 heavy (non-hydrogen) atoms. The molecule has 0 radical (unpaired) electrons. The Morgan fingerprint density at radius 2 is 1.94 bits per heavy atom. The number of ether oxygens (including phenoxy) is 1. The van der Waals surface area contributed by atoms with E-state index >= 15 is 0 Å². The molecule has 1 saturated heterocycles. The molecule has 2 heterocycles. The number of piperidine rings is 1. The number of nitrogen functional groups attached to an aromatic ring is 1. The second kappa shape index (κ2) is 8.91. The Morgan fingerprint density at radius 1 is 1.25 bits per heavy atom. The van der Waals surface area contributed by atoms with E-state index in [-0.39, 0.29) is 42.4 Å². The maximum Gasteiger partial charge on any atom is 0.243 e. The first-order valence-corrected chi connectivity index (χ1v) is 10.7. The third-order valence-corrected chi connectivity index (χ3v) is 5.97. The number of amides is 1. The summed E-state index contributed by atoms with van der Waals surface area (Å²) in [5.74, 6) is 1.10. The summed E-state index contributed by atoms with van der Waals surface area (Å²) in [6.45, 7) is 4.11. The van der Waals surface area contributed by atoms with E-state index in [1.165, 1.54) is 0 Å². The van der Waals surface area contributed by atoms with Crippen LogP contribution in [0.5, 0.6) is 0 Å². The van der Waals surface area contributed by atoms with Crippen molar-refractivity contribution in [2.45, 2.75) is 25.9 Å². The minimum Gasteiger partial charge on any atom is -0.419 e. The van der Waals surface area contributed by atoms with Crippen LogP contribution in [0.3, 0.4) is 0 Å². The van der Waals surface area contributed by atoms with Gasteiger partial charge in [0.15, 0.2) is 11.5 Å². The summed E-state index contributed by atoms with van der Waals surface area (Å²) in [5.41, 5.74) is 7.69. The molecule has 3 atom stereocenters. The Kier molecular flexibility index (Phi) is 6.04. The Bertz CT molecular complexity index is 1050. The van der Waals surface area contributed by atoms with Crippen LogP contribution < -0.4 is 21.3 Å². The van der Waals surface area contributed by atoms with Gasteiger partial charge in [-0.2, -0.15) is 0 Å². The minimum absolute atomic E-state index is 0. The summed E-state index contributed by atoms with van der Waals surface area (Å²) in [6.07, 6.45) is 2.08. The minimum atomic E-state index is -0.321. The van der Waals surface area contributed by atoms with E-state index in [1.807, 2.05) is 26.1 Å². The first-order valence-electron chi connectivity index (χ1n) is 10.7. The van der Waals surface area contributed by atoms with Gasteiger partial charge < -0.3 is 26.0 Å². The van der Waals surface area contributed by atoms with E-state index in [9.17, 15) is 4.79 Å². The molecule has 0 bridgehead atoms. The Hall–Kier alpha value is -3.53. The average Bonchev–Trinajstić information content (AvgIpc) is 3.21. The first-order chi connectivity index (χ1) is 15.4. The lowest BCUT2D eigenvalue weighted by Crippen LogP contribution is -2.34. The number of anilines is 2. The lowest BCUT2D eigenvalue weighted by molar-refractivity contribution is -0.121. The highest BCUT2D eigenvalue weighted by Crippen LogP contribution is 2.46. The second-order valence-electron chi connectivity index (χ2n) is 8.13. The molecule has 2 aromatic rings. The van der Waals surface area contributed by atoms with Crippen molar-refractivity contribution < 1.29 is 16.7 Å². The van der Waals surface area contributed by atoms with Crippen molar-refractivity contribution in [3.05, 3.63) is 47.3 Å². The van der Waals surface area contributed by atoms with Crippen molar-refractivity contribution in [2.24, 2.45) is 11.8 Å². The molecule has 6 N–H and O–H groups in total. The zero-order chi connectivity index (χ0) is 22.8. The van der Waals surface area contributed by atoms with Gasteiger partial charge in [-0.15, -0.1) is 0 Å². The molecular formula is C22H38N8O2. The molecule has 1 aromatic carbocycles. The molecule has 1 aliphatic carbocycles. The summed E-state index contributed by atoms with van der Waals surface area (Å²) in [4.78, 5) is 22.4. The molecular weight excluding hydrogens is 408 g/mol. The third kappa shape index (κ3) is 4.40.